The van der Waals surface area contributed by atoms with Crippen LogP contribution in [0.3, 0.4) is 0 Å². The summed E-state index contributed by atoms with van der Waals surface area (Å²) in [7, 11) is 1.58. The Morgan fingerprint density at radius 3 is 2.36 bits per heavy atom. The number of carbonyl (C=O) groups excluding carboxylic acids is 1. The second-order valence-corrected chi connectivity index (χ2v) is 6.65. The number of methoxy groups -OCH3 is 1. The van der Waals surface area contributed by atoms with Gasteiger partial charge in [-0.15, -0.1) is 0 Å². The first-order valence-electron chi connectivity index (χ1n) is 7.70. The van der Waals surface area contributed by atoms with Crippen LogP contribution in [0.25, 0.3) is 6.08 Å². The Kier molecular flexibility index (Phi) is 6.00. The Labute approximate surface area is 156 Å². The van der Waals surface area contributed by atoms with Crippen LogP contribution in [0.15, 0.2) is 40.4 Å². The number of carbonyl (C=O) groups is 1. The summed E-state index contributed by atoms with van der Waals surface area (Å²) in [6.45, 7) is 5.88. The number of rotatable bonds is 4. The zero-order valence-electron chi connectivity index (χ0n) is 14.6. The molecule has 0 saturated carbocycles. The SMILES string of the molecule is COc1ccc(/C=C(\C#N)C(=O)Nc2c(C)cc(C)cc2C)cc1Br. The molecular formula is C20H19BrN2O2. The average molecular weight is 399 g/mol. The van der Waals surface area contributed by atoms with Crippen molar-refractivity contribution in [2.75, 3.05) is 12.4 Å². The van der Waals surface area contributed by atoms with Gasteiger partial charge in [-0.25, -0.2) is 0 Å². The van der Waals surface area contributed by atoms with E-state index in [1.54, 1.807) is 31.4 Å². The minimum absolute atomic E-state index is 0.0384. The Bertz CT molecular complexity index is 872. The van der Waals surface area contributed by atoms with Gasteiger partial charge in [0.15, 0.2) is 0 Å². The van der Waals surface area contributed by atoms with Crippen molar-refractivity contribution in [3.8, 4) is 11.8 Å². The van der Waals surface area contributed by atoms with Crippen LogP contribution >= 0.6 is 15.9 Å². The van der Waals surface area contributed by atoms with Gasteiger partial charge in [0.05, 0.1) is 11.6 Å². The number of benzene rings is 2. The molecule has 0 aliphatic heterocycles. The van der Waals surface area contributed by atoms with Crippen molar-refractivity contribution < 1.29 is 9.53 Å². The van der Waals surface area contributed by atoms with Gasteiger partial charge >= 0.3 is 0 Å². The van der Waals surface area contributed by atoms with Crippen molar-refractivity contribution in [2.45, 2.75) is 20.8 Å². The number of anilines is 1. The Balaban J connectivity index is 2.30. The molecule has 0 heterocycles. The molecule has 5 heteroatoms. The van der Waals surface area contributed by atoms with Crippen LogP contribution < -0.4 is 10.1 Å². The van der Waals surface area contributed by atoms with Gasteiger partial charge in [0, 0.05) is 5.69 Å². The first kappa shape index (κ1) is 18.8. The number of nitriles is 1. The van der Waals surface area contributed by atoms with Crippen molar-refractivity contribution >= 4 is 33.6 Å². The number of hydrogen-bond donors (Lipinski definition) is 1. The Morgan fingerprint density at radius 1 is 1.20 bits per heavy atom. The number of amides is 1. The lowest BCUT2D eigenvalue weighted by atomic mass is 10.0. The molecular weight excluding hydrogens is 380 g/mol. The van der Waals surface area contributed by atoms with Crippen LogP contribution in [0.1, 0.15) is 22.3 Å². The third kappa shape index (κ3) is 4.49. The fourth-order valence-corrected chi connectivity index (χ4v) is 3.20. The van der Waals surface area contributed by atoms with Crippen molar-refractivity contribution in [1.29, 1.82) is 5.26 Å². The molecule has 0 aliphatic rings. The maximum Gasteiger partial charge on any atom is 0.266 e. The predicted octanol–water partition coefficient (Wildman–Crippen LogP) is 4.93. The van der Waals surface area contributed by atoms with Crippen molar-refractivity contribution in [3.63, 3.8) is 0 Å². The lowest BCUT2D eigenvalue weighted by Crippen LogP contribution is -2.15. The molecule has 1 amide bonds. The summed E-state index contributed by atoms with van der Waals surface area (Å²) in [5.74, 6) is 0.260. The molecule has 0 fully saturated rings. The second-order valence-electron chi connectivity index (χ2n) is 5.79. The standard InChI is InChI=1S/C20H19BrN2O2/c1-12-7-13(2)19(14(3)8-12)23-20(24)16(11-22)9-15-5-6-18(25-4)17(21)10-15/h5-10H,1-4H3,(H,23,24)/b16-9+. The molecule has 0 bridgehead atoms. The molecule has 0 saturated heterocycles. The molecule has 2 rings (SSSR count). The lowest BCUT2D eigenvalue weighted by molar-refractivity contribution is -0.112. The first-order chi connectivity index (χ1) is 11.8. The number of ether oxygens (including phenoxy) is 1. The third-order valence-electron chi connectivity index (χ3n) is 3.77. The Morgan fingerprint density at radius 2 is 1.84 bits per heavy atom. The highest BCUT2D eigenvalue weighted by molar-refractivity contribution is 9.10. The summed E-state index contributed by atoms with van der Waals surface area (Å²) in [5, 5.41) is 12.2. The van der Waals surface area contributed by atoms with Gasteiger partial charge in [0.1, 0.15) is 17.4 Å². The fourth-order valence-electron chi connectivity index (χ4n) is 2.65. The molecule has 0 aliphatic carbocycles. The quantitative estimate of drug-likeness (QED) is 0.586. The first-order valence-corrected chi connectivity index (χ1v) is 8.49. The van der Waals surface area contributed by atoms with E-state index in [1.165, 1.54) is 0 Å². The molecule has 4 nitrogen and oxygen atoms in total. The number of nitrogens with one attached hydrogen (secondary N) is 1. The van der Waals surface area contributed by atoms with Gasteiger partial charge in [0.2, 0.25) is 0 Å². The topological polar surface area (TPSA) is 62.1 Å². The van der Waals surface area contributed by atoms with Crippen LogP contribution in [-0.2, 0) is 4.79 Å². The van der Waals surface area contributed by atoms with Gasteiger partial charge in [-0.3, -0.25) is 4.79 Å². The van der Waals surface area contributed by atoms with E-state index in [0.29, 0.717) is 5.75 Å². The van der Waals surface area contributed by atoms with E-state index in [1.807, 2.05) is 39.0 Å². The summed E-state index contributed by atoms with van der Waals surface area (Å²) in [6, 6.07) is 11.3. The van der Waals surface area contributed by atoms with Crippen molar-refractivity contribution in [2.24, 2.45) is 0 Å². The predicted molar refractivity (Wildman–Crippen MR) is 104 cm³/mol. The summed E-state index contributed by atoms with van der Waals surface area (Å²) in [4.78, 5) is 12.5. The van der Waals surface area contributed by atoms with Gasteiger partial charge in [-0.1, -0.05) is 23.8 Å². The highest BCUT2D eigenvalue weighted by atomic mass is 79.9. The molecule has 0 atom stereocenters. The zero-order valence-corrected chi connectivity index (χ0v) is 16.2. The third-order valence-corrected chi connectivity index (χ3v) is 4.39. The molecule has 2 aromatic rings. The lowest BCUT2D eigenvalue weighted by Gasteiger charge is -2.12. The van der Waals surface area contributed by atoms with Gasteiger partial charge < -0.3 is 10.1 Å². The number of aryl methyl sites for hydroxylation is 3. The smallest absolute Gasteiger partial charge is 0.266 e. The fraction of sp³-hybridized carbons (Fsp3) is 0.200. The van der Waals surface area contributed by atoms with Crippen molar-refractivity contribution in [3.05, 3.63) is 62.6 Å². The number of nitrogens with zero attached hydrogens (tertiary/aromatic N) is 1. The molecule has 128 valence electrons. The number of halogens is 1. The van der Waals surface area contributed by atoms with E-state index in [4.69, 9.17) is 4.74 Å². The molecule has 2 aromatic carbocycles. The largest absolute Gasteiger partial charge is 0.496 e. The average Bonchev–Trinajstić information content (AvgIpc) is 2.55. The molecule has 0 aromatic heterocycles. The maximum atomic E-state index is 12.5. The second kappa shape index (κ2) is 8.00. The van der Waals surface area contributed by atoms with Crippen LogP contribution in [0.5, 0.6) is 5.75 Å². The van der Waals surface area contributed by atoms with Crippen LogP contribution in [-0.4, -0.2) is 13.0 Å². The van der Waals surface area contributed by atoms with Gasteiger partial charge in [0.25, 0.3) is 5.91 Å². The maximum absolute atomic E-state index is 12.5. The van der Waals surface area contributed by atoms with Crippen LogP contribution in [0, 0.1) is 32.1 Å². The van der Waals surface area contributed by atoms with E-state index in [-0.39, 0.29) is 5.57 Å². The highest BCUT2D eigenvalue weighted by Crippen LogP contribution is 2.27. The molecule has 0 unspecified atom stereocenters. The summed E-state index contributed by atoms with van der Waals surface area (Å²) >= 11 is 3.40. The Hall–Kier alpha value is -2.58. The van der Waals surface area contributed by atoms with E-state index < -0.39 is 5.91 Å². The molecule has 1 N–H and O–H groups in total. The summed E-state index contributed by atoms with van der Waals surface area (Å²) in [5.41, 5.74) is 4.58. The van der Waals surface area contributed by atoms with Gasteiger partial charge in [-0.2, -0.15) is 5.26 Å². The van der Waals surface area contributed by atoms with Crippen LogP contribution in [0.2, 0.25) is 0 Å². The summed E-state index contributed by atoms with van der Waals surface area (Å²) in [6.07, 6.45) is 1.55. The minimum atomic E-state index is -0.426. The molecule has 25 heavy (non-hydrogen) atoms. The molecule has 0 radical (unpaired) electrons. The van der Waals surface area contributed by atoms with Crippen LogP contribution in [0.4, 0.5) is 5.69 Å². The minimum Gasteiger partial charge on any atom is -0.496 e. The van der Waals surface area contributed by atoms with E-state index in [2.05, 4.69) is 21.2 Å². The van der Waals surface area contributed by atoms with Crippen molar-refractivity contribution in [1.82, 2.24) is 0 Å². The van der Waals surface area contributed by atoms with Gasteiger partial charge in [-0.05, 0) is 71.6 Å². The molecule has 0 spiro atoms. The zero-order chi connectivity index (χ0) is 18.6. The monoisotopic (exact) mass is 398 g/mol. The summed E-state index contributed by atoms with van der Waals surface area (Å²) < 4.78 is 5.94. The van der Waals surface area contributed by atoms with E-state index >= 15 is 0 Å². The number of hydrogen-bond acceptors (Lipinski definition) is 3. The highest BCUT2D eigenvalue weighted by Gasteiger charge is 2.13. The normalized spacial score (nSPS) is 11.0. The van der Waals surface area contributed by atoms with E-state index in [9.17, 15) is 10.1 Å². The van der Waals surface area contributed by atoms with E-state index in [0.717, 1.165) is 32.4 Å².